The van der Waals surface area contributed by atoms with Crippen molar-refractivity contribution in [2.24, 2.45) is 0 Å². The van der Waals surface area contributed by atoms with Gasteiger partial charge in [0.15, 0.2) is 0 Å². The van der Waals surface area contributed by atoms with Crippen LogP contribution in [0.5, 0.6) is 0 Å². The molecule has 2 amide bonds. The Bertz CT molecular complexity index is 386. The molecular weight excluding hydrogens is 290 g/mol. The highest BCUT2D eigenvalue weighted by molar-refractivity contribution is 5.79. The molecule has 0 bridgehead atoms. The summed E-state index contributed by atoms with van der Waals surface area (Å²) in [6, 6.07) is 1.03. The van der Waals surface area contributed by atoms with E-state index >= 15 is 0 Å². The molecule has 0 aliphatic carbocycles. The summed E-state index contributed by atoms with van der Waals surface area (Å²) in [6.07, 6.45) is 5.42. The van der Waals surface area contributed by atoms with Gasteiger partial charge in [-0.05, 0) is 47.0 Å². The standard InChI is InChI=1S/C18H35N3O2/c1-6-11-19-16(22)10-12-20-17(23)13-18(4,5)21-14(2)8-7-9-15(21)3/h14-15H,6-13H2,1-5H3,(H,19,22)(H,20,23). The average Bonchev–Trinajstić information content (AvgIpc) is 2.44. The average molecular weight is 325 g/mol. The third-order valence-electron chi connectivity index (χ3n) is 4.73. The molecular formula is C18H35N3O2. The van der Waals surface area contributed by atoms with E-state index in [4.69, 9.17) is 0 Å². The molecule has 0 aromatic rings. The van der Waals surface area contributed by atoms with E-state index in [1.165, 1.54) is 19.3 Å². The lowest BCUT2D eigenvalue weighted by molar-refractivity contribution is -0.125. The molecule has 5 heteroatoms. The Morgan fingerprint density at radius 3 is 2.17 bits per heavy atom. The van der Waals surface area contributed by atoms with Crippen molar-refractivity contribution in [2.75, 3.05) is 13.1 Å². The van der Waals surface area contributed by atoms with Crippen LogP contribution < -0.4 is 10.6 Å². The highest BCUT2D eigenvalue weighted by Crippen LogP contribution is 2.32. The summed E-state index contributed by atoms with van der Waals surface area (Å²) in [4.78, 5) is 26.3. The lowest BCUT2D eigenvalue weighted by Crippen LogP contribution is -2.56. The maximum absolute atomic E-state index is 12.2. The van der Waals surface area contributed by atoms with Gasteiger partial charge in [-0.3, -0.25) is 14.5 Å². The van der Waals surface area contributed by atoms with Crippen molar-refractivity contribution in [1.82, 2.24) is 15.5 Å². The van der Waals surface area contributed by atoms with Crippen LogP contribution in [0.4, 0.5) is 0 Å². The SMILES string of the molecule is CCCNC(=O)CCNC(=O)CC(C)(C)N1C(C)CCCC1C. The molecule has 134 valence electrons. The number of hydrogen-bond donors (Lipinski definition) is 2. The molecule has 0 aromatic heterocycles. The number of amides is 2. The van der Waals surface area contributed by atoms with Gasteiger partial charge in [-0.2, -0.15) is 0 Å². The van der Waals surface area contributed by atoms with Crippen molar-refractivity contribution in [2.45, 2.75) is 90.8 Å². The Morgan fingerprint density at radius 1 is 1.04 bits per heavy atom. The van der Waals surface area contributed by atoms with Gasteiger partial charge in [-0.15, -0.1) is 0 Å². The summed E-state index contributed by atoms with van der Waals surface area (Å²) in [5.41, 5.74) is -0.159. The largest absolute Gasteiger partial charge is 0.356 e. The van der Waals surface area contributed by atoms with Gasteiger partial charge in [0.2, 0.25) is 11.8 Å². The summed E-state index contributed by atoms with van der Waals surface area (Å²) in [5, 5.41) is 5.71. The van der Waals surface area contributed by atoms with Crippen LogP contribution in [-0.2, 0) is 9.59 Å². The van der Waals surface area contributed by atoms with E-state index in [1.54, 1.807) is 0 Å². The first-order chi connectivity index (χ1) is 10.8. The first-order valence-electron chi connectivity index (χ1n) is 9.09. The number of carbonyl (C=O) groups excluding carboxylic acids is 2. The van der Waals surface area contributed by atoms with Crippen LogP contribution in [0.2, 0.25) is 0 Å². The quantitative estimate of drug-likeness (QED) is 0.720. The Hall–Kier alpha value is -1.10. The van der Waals surface area contributed by atoms with Crippen molar-refractivity contribution in [3.63, 3.8) is 0 Å². The molecule has 0 saturated carbocycles. The van der Waals surface area contributed by atoms with E-state index in [2.05, 4.69) is 43.2 Å². The van der Waals surface area contributed by atoms with E-state index in [1.807, 2.05) is 6.92 Å². The lowest BCUT2D eigenvalue weighted by atomic mass is 9.87. The third-order valence-corrected chi connectivity index (χ3v) is 4.73. The van der Waals surface area contributed by atoms with Gasteiger partial charge in [-0.25, -0.2) is 0 Å². The van der Waals surface area contributed by atoms with E-state index in [0.717, 1.165) is 6.42 Å². The normalized spacial score (nSPS) is 22.7. The fourth-order valence-electron chi connectivity index (χ4n) is 3.83. The van der Waals surface area contributed by atoms with Crippen molar-refractivity contribution in [1.29, 1.82) is 0 Å². The number of hydrogen-bond acceptors (Lipinski definition) is 3. The van der Waals surface area contributed by atoms with Crippen molar-refractivity contribution < 1.29 is 9.59 Å². The van der Waals surface area contributed by atoms with Crippen molar-refractivity contribution >= 4 is 11.8 Å². The minimum absolute atomic E-state index is 0.00434. The second-order valence-corrected chi connectivity index (χ2v) is 7.48. The summed E-state index contributed by atoms with van der Waals surface area (Å²) in [6.45, 7) is 11.9. The first-order valence-corrected chi connectivity index (χ1v) is 9.09. The molecule has 1 heterocycles. The Balaban J connectivity index is 2.41. The lowest BCUT2D eigenvalue weighted by Gasteiger charge is -2.49. The number of carbonyl (C=O) groups is 2. The third kappa shape index (κ3) is 6.50. The summed E-state index contributed by atoms with van der Waals surface area (Å²) in [5.74, 6) is 0.0351. The second kappa shape index (κ2) is 9.26. The zero-order valence-electron chi connectivity index (χ0n) is 15.6. The minimum Gasteiger partial charge on any atom is -0.356 e. The maximum Gasteiger partial charge on any atom is 0.221 e. The highest BCUT2D eigenvalue weighted by atomic mass is 16.2. The zero-order valence-corrected chi connectivity index (χ0v) is 15.6. The van der Waals surface area contributed by atoms with Crippen LogP contribution in [0.15, 0.2) is 0 Å². The van der Waals surface area contributed by atoms with Crippen LogP contribution >= 0.6 is 0 Å². The molecule has 0 aromatic carbocycles. The van der Waals surface area contributed by atoms with Crippen molar-refractivity contribution in [3.8, 4) is 0 Å². The van der Waals surface area contributed by atoms with Gasteiger partial charge < -0.3 is 10.6 Å². The molecule has 2 unspecified atom stereocenters. The highest BCUT2D eigenvalue weighted by Gasteiger charge is 2.37. The number of nitrogens with one attached hydrogen (secondary N) is 2. The number of rotatable bonds is 8. The molecule has 2 N–H and O–H groups in total. The molecule has 0 radical (unpaired) electrons. The van der Waals surface area contributed by atoms with E-state index in [0.29, 0.717) is 38.0 Å². The molecule has 1 saturated heterocycles. The first kappa shape index (κ1) is 19.9. The fourth-order valence-corrected chi connectivity index (χ4v) is 3.83. The molecule has 2 atom stereocenters. The minimum atomic E-state index is -0.159. The van der Waals surface area contributed by atoms with Gasteiger partial charge in [0.05, 0.1) is 0 Å². The van der Waals surface area contributed by atoms with Crippen LogP contribution in [0, 0.1) is 0 Å². The molecule has 23 heavy (non-hydrogen) atoms. The van der Waals surface area contributed by atoms with E-state index in [-0.39, 0.29) is 17.4 Å². The molecule has 1 rings (SSSR count). The monoisotopic (exact) mass is 325 g/mol. The number of likely N-dealkylation sites (tertiary alicyclic amines) is 1. The maximum atomic E-state index is 12.2. The van der Waals surface area contributed by atoms with Gasteiger partial charge in [0.1, 0.15) is 0 Å². The van der Waals surface area contributed by atoms with Gasteiger partial charge in [-0.1, -0.05) is 13.3 Å². The number of piperidine rings is 1. The van der Waals surface area contributed by atoms with E-state index in [9.17, 15) is 9.59 Å². The summed E-state index contributed by atoms with van der Waals surface area (Å²) < 4.78 is 0. The zero-order chi connectivity index (χ0) is 17.5. The molecule has 0 spiro atoms. The van der Waals surface area contributed by atoms with Gasteiger partial charge >= 0.3 is 0 Å². The smallest absolute Gasteiger partial charge is 0.221 e. The summed E-state index contributed by atoms with van der Waals surface area (Å²) >= 11 is 0. The Morgan fingerprint density at radius 2 is 1.61 bits per heavy atom. The second-order valence-electron chi connectivity index (χ2n) is 7.48. The fraction of sp³-hybridized carbons (Fsp3) is 0.889. The van der Waals surface area contributed by atoms with Gasteiger partial charge in [0.25, 0.3) is 0 Å². The Labute approximate surface area is 141 Å². The van der Waals surface area contributed by atoms with Crippen molar-refractivity contribution in [3.05, 3.63) is 0 Å². The van der Waals surface area contributed by atoms with Crippen LogP contribution in [0.3, 0.4) is 0 Å². The topological polar surface area (TPSA) is 61.4 Å². The molecule has 1 fully saturated rings. The van der Waals surface area contributed by atoms with Crippen LogP contribution in [0.1, 0.15) is 73.1 Å². The molecule has 5 nitrogen and oxygen atoms in total. The van der Waals surface area contributed by atoms with Gasteiger partial charge in [0, 0.05) is 43.6 Å². The Kier molecular flexibility index (Phi) is 8.03. The predicted octanol–water partition coefficient (Wildman–Crippen LogP) is 2.45. The molecule has 1 aliphatic rings. The number of nitrogens with zero attached hydrogens (tertiary/aromatic N) is 1. The van der Waals surface area contributed by atoms with Crippen LogP contribution in [-0.4, -0.2) is 47.4 Å². The summed E-state index contributed by atoms with van der Waals surface area (Å²) in [7, 11) is 0. The van der Waals surface area contributed by atoms with Crippen LogP contribution in [0.25, 0.3) is 0 Å². The molecule has 1 aliphatic heterocycles. The van der Waals surface area contributed by atoms with E-state index < -0.39 is 0 Å². The predicted molar refractivity (Wildman–Crippen MR) is 94.2 cm³/mol.